The molecule has 1 aliphatic heterocycles. The summed E-state index contributed by atoms with van der Waals surface area (Å²) in [6, 6.07) is 10.8. The van der Waals surface area contributed by atoms with Gasteiger partial charge in [0, 0.05) is 0 Å². The Morgan fingerprint density at radius 1 is 1.14 bits per heavy atom. The van der Waals surface area contributed by atoms with Crippen LogP contribution in [0.2, 0.25) is 5.02 Å². The number of carbonyl (C=O) groups excluding carboxylic acids is 1. The minimum absolute atomic E-state index is 0.0431. The van der Waals surface area contributed by atoms with Gasteiger partial charge in [-0.3, -0.25) is 4.79 Å². The Morgan fingerprint density at radius 2 is 1.86 bits per heavy atom. The van der Waals surface area contributed by atoms with E-state index in [0.29, 0.717) is 26.6 Å². The van der Waals surface area contributed by atoms with Gasteiger partial charge in [0.05, 0.1) is 35.9 Å². The molecule has 8 heteroatoms. The fraction of sp³-hybridized carbons (Fsp3) is 0.238. The number of ether oxygens (including phenoxy) is 3. The molecule has 1 amide bonds. The zero-order chi connectivity index (χ0) is 21.0. The summed E-state index contributed by atoms with van der Waals surface area (Å²) < 4.78 is 16.3. The summed E-state index contributed by atoms with van der Waals surface area (Å²) >= 11 is 7.62. The lowest BCUT2D eigenvalue weighted by Crippen LogP contribution is -2.19. The van der Waals surface area contributed by atoms with Crippen LogP contribution < -0.4 is 19.5 Å². The van der Waals surface area contributed by atoms with Crippen molar-refractivity contribution in [2.75, 3.05) is 14.2 Å². The summed E-state index contributed by atoms with van der Waals surface area (Å²) in [5.41, 5.74) is 1.45. The number of hydrogen-bond donors (Lipinski definition) is 1. The molecule has 6 nitrogen and oxygen atoms in total. The van der Waals surface area contributed by atoms with Crippen LogP contribution in [0.1, 0.15) is 19.4 Å². The van der Waals surface area contributed by atoms with E-state index in [1.165, 1.54) is 11.8 Å². The molecule has 0 bridgehead atoms. The first-order valence-corrected chi connectivity index (χ1v) is 10.1. The van der Waals surface area contributed by atoms with E-state index in [-0.39, 0.29) is 12.0 Å². The summed E-state index contributed by atoms with van der Waals surface area (Å²) in [4.78, 5) is 17.3. The van der Waals surface area contributed by atoms with Crippen LogP contribution in [0.5, 0.6) is 17.2 Å². The van der Waals surface area contributed by atoms with Gasteiger partial charge in [-0.2, -0.15) is 0 Å². The van der Waals surface area contributed by atoms with E-state index in [2.05, 4.69) is 10.3 Å². The highest BCUT2D eigenvalue weighted by molar-refractivity contribution is 8.18. The molecule has 1 saturated heterocycles. The minimum atomic E-state index is -0.222. The van der Waals surface area contributed by atoms with Crippen LogP contribution in [0, 0.1) is 0 Å². The molecule has 0 aromatic heterocycles. The molecule has 3 rings (SSSR count). The third-order valence-corrected chi connectivity index (χ3v) is 5.05. The molecule has 1 heterocycles. The number of benzene rings is 2. The molecule has 0 atom stereocenters. The number of aliphatic imine (C=N–C) groups is 1. The molecular formula is C21H21ClN2O4S. The lowest BCUT2D eigenvalue weighted by molar-refractivity contribution is -0.115. The second-order valence-electron chi connectivity index (χ2n) is 6.38. The van der Waals surface area contributed by atoms with Gasteiger partial charge in [-0.25, -0.2) is 4.99 Å². The van der Waals surface area contributed by atoms with E-state index in [1.54, 1.807) is 32.4 Å². The summed E-state index contributed by atoms with van der Waals surface area (Å²) in [6.07, 6.45) is 1.70. The number of amides is 1. The number of rotatable bonds is 6. The highest BCUT2D eigenvalue weighted by Crippen LogP contribution is 2.38. The average molecular weight is 433 g/mol. The van der Waals surface area contributed by atoms with Crippen molar-refractivity contribution in [2.24, 2.45) is 4.99 Å². The molecule has 2 aromatic rings. The zero-order valence-corrected chi connectivity index (χ0v) is 18.1. The van der Waals surface area contributed by atoms with Crippen LogP contribution in [0.25, 0.3) is 6.08 Å². The number of nitrogens with one attached hydrogen (secondary N) is 1. The van der Waals surface area contributed by atoms with Gasteiger partial charge in [-0.05, 0) is 73.6 Å². The standard InChI is InChI=1S/C21H21ClN2O4S/c1-12(2)28-19-16(22)9-13(10-17(19)27-4)11-18-20(25)24-21(29-18)23-14-5-7-15(26-3)8-6-14/h5-12H,1-4H3,(H,23,24,25)/b18-11+. The Labute approximate surface area is 178 Å². The molecule has 1 fully saturated rings. The molecule has 1 aliphatic rings. The Kier molecular flexibility index (Phi) is 6.71. The van der Waals surface area contributed by atoms with Gasteiger partial charge < -0.3 is 19.5 Å². The van der Waals surface area contributed by atoms with Crippen LogP contribution in [0.4, 0.5) is 5.69 Å². The predicted octanol–water partition coefficient (Wildman–Crippen LogP) is 5.04. The van der Waals surface area contributed by atoms with Crippen LogP contribution in [-0.4, -0.2) is 31.4 Å². The van der Waals surface area contributed by atoms with E-state index in [1.807, 2.05) is 38.1 Å². The molecule has 1 N–H and O–H groups in total. The maximum Gasteiger partial charge on any atom is 0.264 e. The number of carbonyl (C=O) groups is 1. The molecule has 2 aromatic carbocycles. The van der Waals surface area contributed by atoms with E-state index >= 15 is 0 Å². The van der Waals surface area contributed by atoms with Crippen molar-refractivity contribution in [2.45, 2.75) is 20.0 Å². The van der Waals surface area contributed by atoms with Crippen molar-refractivity contribution in [1.82, 2.24) is 5.32 Å². The van der Waals surface area contributed by atoms with Gasteiger partial charge in [0.2, 0.25) is 0 Å². The first kappa shape index (κ1) is 21.1. The van der Waals surface area contributed by atoms with E-state index in [9.17, 15) is 4.79 Å². The molecule has 152 valence electrons. The Hall–Kier alpha value is -2.64. The van der Waals surface area contributed by atoms with E-state index in [4.69, 9.17) is 25.8 Å². The predicted molar refractivity (Wildman–Crippen MR) is 118 cm³/mol. The zero-order valence-electron chi connectivity index (χ0n) is 16.5. The Morgan fingerprint density at radius 3 is 2.48 bits per heavy atom. The quantitative estimate of drug-likeness (QED) is 0.648. The molecule has 0 spiro atoms. The first-order chi connectivity index (χ1) is 13.9. The van der Waals surface area contributed by atoms with Crippen molar-refractivity contribution in [3.05, 3.63) is 51.9 Å². The number of methoxy groups -OCH3 is 2. The van der Waals surface area contributed by atoms with Gasteiger partial charge >= 0.3 is 0 Å². The van der Waals surface area contributed by atoms with Gasteiger partial charge in [0.15, 0.2) is 16.7 Å². The van der Waals surface area contributed by atoms with Gasteiger partial charge in [0.25, 0.3) is 5.91 Å². The van der Waals surface area contributed by atoms with Crippen molar-refractivity contribution in [3.63, 3.8) is 0 Å². The second kappa shape index (κ2) is 9.24. The van der Waals surface area contributed by atoms with Gasteiger partial charge in [-0.15, -0.1) is 0 Å². The SMILES string of the molecule is COc1ccc(N=C2NC(=O)/C(=C\c3cc(Cl)c(OC(C)C)c(OC)c3)S2)cc1. The number of halogens is 1. The highest BCUT2D eigenvalue weighted by Gasteiger charge is 2.24. The minimum Gasteiger partial charge on any atom is -0.497 e. The molecule has 0 unspecified atom stereocenters. The van der Waals surface area contributed by atoms with Gasteiger partial charge in [-0.1, -0.05) is 11.6 Å². The number of hydrogen-bond acceptors (Lipinski definition) is 6. The molecule has 0 radical (unpaired) electrons. The fourth-order valence-corrected chi connectivity index (χ4v) is 3.68. The van der Waals surface area contributed by atoms with Crippen LogP contribution in [0.3, 0.4) is 0 Å². The highest BCUT2D eigenvalue weighted by atomic mass is 35.5. The summed E-state index contributed by atoms with van der Waals surface area (Å²) in [5, 5.41) is 3.69. The maximum absolute atomic E-state index is 12.3. The topological polar surface area (TPSA) is 69.2 Å². The first-order valence-electron chi connectivity index (χ1n) is 8.87. The van der Waals surface area contributed by atoms with Crippen LogP contribution >= 0.6 is 23.4 Å². The van der Waals surface area contributed by atoms with Crippen molar-refractivity contribution in [3.8, 4) is 17.2 Å². The van der Waals surface area contributed by atoms with Crippen molar-refractivity contribution >= 4 is 46.2 Å². The monoisotopic (exact) mass is 432 g/mol. The van der Waals surface area contributed by atoms with Gasteiger partial charge in [0.1, 0.15) is 5.75 Å². The van der Waals surface area contributed by atoms with Crippen molar-refractivity contribution in [1.29, 1.82) is 0 Å². The fourth-order valence-electron chi connectivity index (χ4n) is 2.58. The summed E-state index contributed by atoms with van der Waals surface area (Å²) in [5.74, 6) is 1.51. The second-order valence-corrected chi connectivity index (χ2v) is 7.82. The normalized spacial score (nSPS) is 16.4. The average Bonchev–Trinajstić information content (AvgIpc) is 3.02. The third-order valence-electron chi connectivity index (χ3n) is 3.86. The third kappa shape index (κ3) is 5.25. The molecule has 0 saturated carbocycles. The van der Waals surface area contributed by atoms with E-state index < -0.39 is 0 Å². The Balaban J connectivity index is 1.84. The largest absolute Gasteiger partial charge is 0.497 e. The molecule has 0 aliphatic carbocycles. The smallest absolute Gasteiger partial charge is 0.264 e. The molecular weight excluding hydrogens is 412 g/mol. The lowest BCUT2D eigenvalue weighted by atomic mass is 10.1. The summed E-state index contributed by atoms with van der Waals surface area (Å²) in [7, 11) is 3.15. The maximum atomic E-state index is 12.3. The summed E-state index contributed by atoms with van der Waals surface area (Å²) in [6.45, 7) is 3.82. The number of amidine groups is 1. The Bertz CT molecular complexity index is 971. The van der Waals surface area contributed by atoms with Crippen molar-refractivity contribution < 1.29 is 19.0 Å². The molecule has 29 heavy (non-hydrogen) atoms. The number of nitrogens with zero attached hydrogens (tertiary/aromatic N) is 1. The van der Waals surface area contributed by atoms with Crippen LogP contribution in [0.15, 0.2) is 46.3 Å². The van der Waals surface area contributed by atoms with E-state index in [0.717, 1.165) is 17.0 Å². The number of thioether (sulfide) groups is 1. The lowest BCUT2D eigenvalue weighted by Gasteiger charge is -2.15. The van der Waals surface area contributed by atoms with Crippen LogP contribution in [-0.2, 0) is 4.79 Å².